The van der Waals surface area contributed by atoms with Crippen LogP contribution in [-0.4, -0.2) is 55.1 Å². The molecule has 1 N–H and O–H groups in total. The van der Waals surface area contributed by atoms with Gasteiger partial charge in [-0.15, -0.1) is 0 Å². The van der Waals surface area contributed by atoms with E-state index in [9.17, 15) is 0 Å². The molecule has 1 saturated heterocycles. The van der Waals surface area contributed by atoms with Crippen molar-refractivity contribution in [1.82, 2.24) is 14.8 Å². The average Bonchev–Trinajstić information content (AvgIpc) is 2.90. The molecule has 100 valence electrons. The van der Waals surface area contributed by atoms with Crippen LogP contribution < -0.4 is 5.32 Å². The van der Waals surface area contributed by atoms with Gasteiger partial charge < -0.3 is 15.1 Å². The number of rotatable bonds is 6. The zero-order valence-electron chi connectivity index (χ0n) is 11.5. The Labute approximate surface area is 110 Å². The van der Waals surface area contributed by atoms with Crippen molar-refractivity contribution in [3.05, 3.63) is 23.9 Å². The monoisotopic (exact) mass is 248 g/mol. The fourth-order valence-corrected chi connectivity index (χ4v) is 2.42. The Balaban J connectivity index is 1.76. The van der Waals surface area contributed by atoms with Crippen molar-refractivity contribution in [2.24, 2.45) is 0 Å². The van der Waals surface area contributed by atoms with Crippen molar-refractivity contribution in [3.8, 4) is 0 Å². The quantitative estimate of drug-likeness (QED) is 0.829. The lowest BCUT2D eigenvalue weighted by Gasteiger charge is -2.21. The zero-order valence-corrected chi connectivity index (χ0v) is 11.5. The van der Waals surface area contributed by atoms with Crippen molar-refractivity contribution < 1.29 is 0 Å². The van der Waals surface area contributed by atoms with Crippen molar-refractivity contribution in [2.75, 3.05) is 45.6 Å². The second-order valence-corrected chi connectivity index (χ2v) is 5.09. The third-order valence-corrected chi connectivity index (χ3v) is 3.53. The van der Waals surface area contributed by atoms with Gasteiger partial charge in [0.15, 0.2) is 0 Å². The molecule has 2 rings (SSSR count). The molecule has 0 saturated carbocycles. The molecule has 0 radical (unpaired) electrons. The highest BCUT2D eigenvalue weighted by molar-refractivity contribution is 5.36. The number of anilines is 1. The van der Waals surface area contributed by atoms with Gasteiger partial charge in [-0.25, -0.2) is 4.98 Å². The molecular formula is C14H24N4. The summed E-state index contributed by atoms with van der Waals surface area (Å²) >= 11 is 0. The molecule has 1 fully saturated rings. The number of likely N-dealkylation sites (tertiary alicyclic amines) is 1. The van der Waals surface area contributed by atoms with E-state index in [-0.39, 0.29) is 0 Å². The molecule has 0 bridgehead atoms. The Morgan fingerprint density at radius 3 is 2.89 bits per heavy atom. The van der Waals surface area contributed by atoms with E-state index in [2.05, 4.69) is 39.3 Å². The summed E-state index contributed by atoms with van der Waals surface area (Å²) in [4.78, 5) is 9.18. The van der Waals surface area contributed by atoms with E-state index in [1.165, 1.54) is 38.0 Å². The van der Waals surface area contributed by atoms with Gasteiger partial charge in [0.1, 0.15) is 5.82 Å². The number of aromatic nitrogens is 1. The van der Waals surface area contributed by atoms with E-state index < -0.39 is 0 Å². The van der Waals surface area contributed by atoms with Crippen LogP contribution in [0.5, 0.6) is 0 Å². The molecule has 1 aromatic heterocycles. The molecule has 1 aromatic rings. The molecule has 1 aliphatic rings. The van der Waals surface area contributed by atoms with Crippen LogP contribution in [0.4, 0.5) is 5.82 Å². The summed E-state index contributed by atoms with van der Waals surface area (Å²) in [6, 6.07) is 4.21. The number of nitrogens with zero attached hydrogens (tertiary/aromatic N) is 3. The molecule has 4 nitrogen and oxygen atoms in total. The van der Waals surface area contributed by atoms with Gasteiger partial charge in [-0.1, -0.05) is 0 Å². The first kappa shape index (κ1) is 13.3. The van der Waals surface area contributed by atoms with E-state index in [1.54, 1.807) is 0 Å². The van der Waals surface area contributed by atoms with Crippen molar-refractivity contribution in [3.63, 3.8) is 0 Å². The van der Waals surface area contributed by atoms with E-state index in [0.717, 1.165) is 18.9 Å². The first-order valence-corrected chi connectivity index (χ1v) is 6.81. The Morgan fingerprint density at radius 1 is 1.39 bits per heavy atom. The lowest BCUT2D eigenvalue weighted by atomic mass is 10.2. The summed E-state index contributed by atoms with van der Waals surface area (Å²) in [6.45, 7) is 5.89. The number of hydrogen-bond donors (Lipinski definition) is 1. The van der Waals surface area contributed by atoms with E-state index >= 15 is 0 Å². The summed E-state index contributed by atoms with van der Waals surface area (Å²) in [5, 5.41) is 3.08. The molecule has 4 heteroatoms. The smallest absolute Gasteiger partial charge is 0.125 e. The second kappa shape index (κ2) is 6.71. The highest BCUT2D eigenvalue weighted by Crippen LogP contribution is 2.09. The summed E-state index contributed by atoms with van der Waals surface area (Å²) in [5.74, 6) is 0.945. The summed E-state index contributed by atoms with van der Waals surface area (Å²) < 4.78 is 0. The van der Waals surface area contributed by atoms with Gasteiger partial charge in [0.25, 0.3) is 0 Å². The van der Waals surface area contributed by atoms with Crippen molar-refractivity contribution in [1.29, 1.82) is 0 Å². The van der Waals surface area contributed by atoms with Crippen LogP contribution in [0.2, 0.25) is 0 Å². The van der Waals surface area contributed by atoms with Gasteiger partial charge in [-0.3, -0.25) is 0 Å². The van der Waals surface area contributed by atoms with Crippen LogP contribution in [0.3, 0.4) is 0 Å². The topological polar surface area (TPSA) is 31.4 Å². The molecule has 0 aromatic carbocycles. The van der Waals surface area contributed by atoms with Crippen molar-refractivity contribution in [2.45, 2.75) is 19.4 Å². The second-order valence-electron chi connectivity index (χ2n) is 5.09. The molecule has 0 unspecified atom stereocenters. The molecule has 1 aliphatic heterocycles. The summed E-state index contributed by atoms with van der Waals surface area (Å²) in [6.07, 6.45) is 4.62. The van der Waals surface area contributed by atoms with Gasteiger partial charge in [0.05, 0.1) is 0 Å². The maximum absolute atomic E-state index is 4.24. The number of pyridine rings is 1. The van der Waals surface area contributed by atoms with E-state index in [4.69, 9.17) is 0 Å². The lowest BCUT2D eigenvalue weighted by Crippen LogP contribution is -2.31. The summed E-state index contributed by atoms with van der Waals surface area (Å²) in [7, 11) is 4.10. The predicted octanol–water partition coefficient (Wildman–Crippen LogP) is 1.65. The molecule has 0 spiro atoms. The Bertz CT molecular complexity index is 361. The van der Waals surface area contributed by atoms with Crippen LogP contribution in [0.15, 0.2) is 18.3 Å². The van der Waals surface area contributed by atoms with Gasteiger partial charge in [0.2, 0.25) is 0 Å². The predicted molar refractivity (Wildman–Crippen MR) is 75.8 cm³/mol. The maximum Gasteiger partial charge on any atom is 0.125 e. The Morgan fingerprint density at radius 2 is 2.17 bits per heavy atom. The molecule has 0 atom stereocenters. The Hall–Kier alpha value is -1.13. The van der Waals surface area contributed by atoms with E-state index in [1.807, 2.05) is 13.2 Å². The minimum atomic E-state index is 0.945. The van der Waals surface area contributed by atoms with Crippen LogP contribution >= 0.6 is 0 Å². The van der Waals surface area contributed by atoms with Gasteiger partial charge in [-0.2, -0.15) is 0 Å². The number of likely N-dealkylation sites (N-methyl/N-ethyl adjacent to an activating group) is 1. The third-order valence-electron chi connectivity index (χ3n) is 3.53. The minimum absolute atomic E-state index is 0.945. The largest absolute Gasteiger partial charge is 0.373 e. The third kappa shape index (κ3) is 3.96. The Kier molecular flexibility index (Phi) is 4.96. The lowest BCUT2D eigenvalue weighted by molar-refractivity contribution is 0.252. The number of nitrogens with one attached hydrogen (secondary N) is 1. The number of hydrogen-bond acceptors (Lipinski definition) is 4. The van der Waals surface area contributed by atoms with E-state index in [0.29, 0.717) is 0 Å². The first-order chi connectivity index (χ1) is 8.78. The molecular weight excluding hydrogens is 224 g/mol. The normalized spacial score (nSPS) is 16.4. The zero-order chi connectivity index (χ0) is 12.8. The van der Waals surface area contributed by atoms with Crippen LogP contribution in [0, 0.1) is 0 Å². The molecule has 2 heterocycles. The first-order valence-electron chi connectivity index (χ1n) is 6.81. The highest BCUT2D eigenvalue weighted by atomic mass is 15.2. The van der Waals surface area contributed by atoms with Gasteiger partial charge in [-0.05, 0) is 50.7 Å². The van der Waals surface area contributed by atoms with Crippen molar-refractivity contribution >= 4 is 5.82 Å². The summed E-state index contributed by atoms with van der Waals surface area (Å²) in [5.41, 5.74) is 1.32. The van der Waals surface area contributed by atoms with Crippen LogP contribution in [-0.2, 0) is 6.54 Å². The average molecular weight is 248 g/mol. The standard InChI is InChI=1S/C14H24N4/c1-15-14-11-13(5-6-16-14)12-17(2)9-10-18-7-3-4-8-18/h5-6,11H,3-4,7-10,12H2,1-2H3,(H,15,16). The highest BCUT2D eigenvalue weighted by Gasteiger charge is 2.11. The van der Waals surface area contributed by atoms with Gasteiger partial charge in [0, 0.05) is 32.9 Å². The van der Waals surface area contributed by atoms with Crippen LogP contribution in [0.1, 0.15) is 18.4 Å². The minimum Gasteiger partial charge on any atom is -0.373 e. The maximum atomic E-state index is 4.24. The molecule has 0 amide bonds. The molecule has 0 aliphatic carbocycles. The van der Waals surface area contributed by atoms with Crippen LogP contribution in [0.25, 0.3) is 0 Å². The van der Waals surface area contributed by atoms with Gasteiger partial charge >= 0.3 is 0 Å². The fraction of sp³-hybridized carbons (Fsp3) is 0.643. The molecule has 18 heavy (non-hydrogen) atoms. The SMILES string of the molecule is CNc1cc(CN(C)CCN2CCCC2)ccn1. The fourth-order valence-electron chi connectivity index (χ4n) is 2.42.